The molecule has 0 spiro atoms. The Morgan fingerprint density at radius 1 is 1.75 bits per heavy atom. The highest BCUT2D eigenvalue weighted by Crippen LogP contribution is 2.15. The van der Waals surface area contributed by atoms with Gasteiger partial charge in [0.05, 0.1) is 0 Å². The fraction of sp³-hybridized carbons (Fsp3) is 0.875. The van der Waals surface area contributed by atoms with Gasteiger partial charge in [-0.1, -0.05) is 0 Å². The van der Waals surface area contributed by atoms with E-state index in [0.717, 1.165) is 6.42 Å². The van der Waals surface area contributed by atoms with Crippen LogP contribution in [-0.2, 0) is 0 Å². The van der Waals surface area contributed by atoms with E-state index in [1.807, 2.05) is 13.8 Å². The van der Waals surface area contributed by atoms with Gasteiger partial charge in [0.1, 0.15) is 0 Å². The molecule has 1 heterocycles. The van der Waals surface area contributed by atoms with Crippen molar-refractivity contribution in [1.29, 1.82) is 0 Å². The molecule has 0 aromatic rings. The lowest BCUT2D eigenvalue weighted by molar-refractivity contribution is 0.196. The molecule has 2 unspecified atom stereocenters. The summed E-state index contributed by atoms with van der Waals surface area (Å²) >= 11 is 0. The molecule has 0 saturated carbocycles. The first-order chi connectivity index (χ1) is 5.65. The predicted molar refractivity (Wildman–Crippen MR) is 47.8 cm³/mol. The molecule has 2 atom stereocenters. The third-order valence-electron chi connectivity index (χ3n) is 2.20. The van der Waals surface area contributed by atoms with Crippen LogP contribution in [0.25, 0.3) is 0 Å². The number of urea groups is 1. The summed E-state index contributed by atoms with van der Waals surface area (Å²) in [4.78, 5) is 13.2. The summed E-state index contributed by atoms with van der Waals surface area (Å²) < 4.78 is 0. The minimum Gasteiger partial charge on any atom is -0.338 e. The van der Waals surface area contributed by atoms with E-state index in [-0.39, 0.29) is 18.1 Å². The van der Waals surface area contributed by atoms with Crippen LogP contribution in [0.4, 0.5) is 4.79 Å². The molecule has 0 aromatic heterocycles. The first-order valence-corrected chi connectivity index (χ1v) is 4.45. The van der Waals surface area contributed by atoms with Gasteiger partial charge in [0, 0.05) is 25.2 Å². The fourth-order valence-electron chi connectivity index (χ4n) is 1.61. The summed E-state index contributed by atoms with van der Waals surface area (Å²) in [6.45, 7) is 5.31. The lowest BCUT2D eigenvalue weighted by Crippen LogP contribution is -2.42. The SMILES string of the molecule is CCNC(=O)N1CC(N)CC1C. The molecule has 3 N–H and O–H groups in total. The Hall–Kier alpha value is -0.770. The van der Waals surface area contributed by atoms with Gasteiger partial charge in [0.2, 0.25) is 0 Å². The number of rotatable bonds is 1. The van der Waals surface area contributed by atoms with E-state index in [1.54, 1.807) is 4.90 Å². The maximum absolute atomic E-state index is 11.4. The van der Waals surface area contributed by atoms with Crippen molar-refractivity contribution in [1.82, 2.24) is 10.2 Å². The van der Waals surface area contributed by atoms with Crippen LogP contribution in [0.2, 0.25) is 0 Å². The normalized spacial score (nSPS) is 29.1. The number of hydrogen-bond acceptors (Lipinski definition) is 2. The van der Waals surface area contributed by atoms with Crippen LogP contribution in [0, 0.1) is 0 Å². The number of nitrogens with one attached hydrogen (secondary N) is 1. The van der Waals surface area contributed by atoms with Crippen LogP contribution in [0.1, 0.15) is 20.3 Å². The minimum absolute atomic E-state index is 0.0120. The van der Waals surface area contributed by atoms with E-state index in [1.165, 1.54) is 0 Å². The molecule has 4 nitrogen and oxygen atoms in total. The van der Waals surface area contributed by atoms with Crippen LogP contribution in [0.3, 0.4) is 0 Å². The number of amides is 2. The van der Waals surface area contributed by atoms with E-state index in [4.69, 9.17) is 5.73 Å². The highest BCUT2D eigenvalue weighted by atomic mass is 16.2. The lowest BCUT2D eigenvalue weighted by Gasteiger charge is -2.21. The second-order valence-corrected chi connectivity index (χ2v) is 3.33. The highest BCUT2D eigenvalue weighted by molar-refractivity contribution is 5.74. The Kier molecular flexibility index (Phi) is 2.92. The minimum atomic E-state index is 0.0120. The van der Waals surface area contributed by atoms with Gasteiger partial charge in [-0.2, -0.15) is 0 Å². The number of hydrogen-bond donors (Lipinski definition) is 2. The van der Waals surface area contributed by atoms with Crippen molar-refractivity contribution in [3.05, 3.63) is 0 Å². The first-order valence-electron chi connectivity index (χ1n) is 4.45. The van der Waals surface area contributed by atoms with E-state index in [0.29, 0.717) is 13.1 Å². The molecule has 0 radical (unpaired) electrons. The highest BCUT2D eigenvalue weighted by Gasteiger charge is 2.29. The summed E-state index contributed by atoms with van der Waals surface area (Å²) in [5, 5.41) is 2.77. The molecule has 0 aromatic carbocycles. The Balaban J connectivity index is 2.46. The molecular formula is C8H17N3O. The standard InChI is InChI=1S/C8H17N3O/c1-3-10-8(12)11-5-7(9)4-6(11)2/h6-7H,3-5,9H2,1-2H3,(H,10,12). The Morgan fingerprint density at radius 2 is 2.42 bits per heavy atom. The lowest BCUT2D eigenvalue weighted by atomic mass is 10.2. The van der Waals surface area contributed by atoms with Gasteiger partial charge in [0.25, 0.3) is 0 Å². The quantitative estimate of drug-likeness (QED) is 0.589. The van der Waals surface area contributed by atoms with Gasteiger partial charge in [-0.15, -0.1) is 0 Å². The van der Waals surface area contributed by atoms with Crippen LogP contribution in [0.5, 0.6) is 0 Å². The summed E-state index contributed by atoms with van der Waals surface area (Å²) in [6, 6.07) is 0.451. The summed E-state index contributed by atoms with van der Waals surface area (Å²) in [7, 11) is 0. The van der Waals surface area contributed by atoms with Crippen molar-refractivity contribution in [3.63, 3.8) is 0 Å². The topological polar surface area (TPSA) is 58.4 Å². The van der Waals surface area contributed by atoms with Crippen LogP contribution in [0.15, 0.2) is 0 Å². The second-order valence-electron chi connectivity index (χ2n) is 3.33. The van der Waals surface area contributed by atoms with Crippen LogP contribution >= 0.6 is 0 Å². The summed E-state index contributed by atoms with van der Waals surface area (Å²) in [5.74, 6) is 0. The Bertz CT molecular complexity index is 172. The molecule has 1 fully saturated rings. The van der Waals surface area contributed by atoms with E-state index < -0.39 is 0 Å². The molecule has 2 amide bonds. The molecule has 1 aliphatic rings. The van der Waals surface area contributed by atoms with Crippen molar-refractivity contribution in [2.75, 3.05) is 13.1 Å². The summed E-state index contributed by atoms with van der Waals surface area (Å²) in [5.41, 5.74) is 5.73. The smallest absolute Gasteiger partial charge is 0.317 e. The van der Waals surface area contributed by atoms with Crippen LogP contribution in [-0.4, -0.2) is 36.1 Å². The van der Waals surface area contributed by atoms with E-state index >= 15 is 0 Å². The fourth-order valence-corrected chi connectivity index (χ4v) is 1.61. The molecule has 4 heteroatoms. The van der Waals surface area contributed by atoms with Gasteiger partial charge in [-0.25, -0.2) is 4.79 Å². The van der Waals surface area contributed by atoms with Gasteiger partial charge in [-0.05, 0) is 20.3 Å². The Morgan fingerprint density at radius 3 is 2.83 bits per heavy atom. The van der Waals surface area contributed by atoms with Crippen molar-refractivity contribution < 1.29 is 4.79 Å². The first kappa shape index (κ1) is 9.32. The number of likely N-dealkylation sites (tertiary alicyclic amines) is 1. The zero-order valence-electron chi connectivity index (χ0n) is 7.71. The molecule has 12 heavy (non-hydrogen) atoms. The largest absolute Gasteiger partial charge is 0.338 e. The van der Waals surface area contributed by atoms with Gasteiger partial charge in [0.15, 0.2) is 0 Å². The maximum Gasteiger partial charge on any atom is 0.317 e. The maximum atomic E-state index is 11.4. The van der Waals surface area contributed by atoms with Crippen molar-refractivity contribution in [3.8, 4) is 0 Å². The van der Waals surface area contributed by atoms with Crippen LogP contribution < -0.4 is 11.1 Å². The molecule has 70 valence electrons. The van der Waals surface area contributed by atoms with E-state index in [9.17, 15) is 4.79 Å². The third kappa shape index (κ3) is 1.88. The number of carbonyl (C=O) groups is 1. The monoisotopic (exact) mass is 171 g/mol. The zero-order chi connectivity index (χ0) is 9.14. The number of carbonyl (C=O) groups excluding carboxylic acids is 1. The second kappa shape index (κ2) is 3.76. The molecular weight excluding hydrogens is 154 g/mol. The predicted octanol–water partition coefficient (Wildman–Crippen LogP) is 0.137. The Labute approximate surface area is 73.1 Å². The van der Waals surface area contributed by atoms with E-state index in [2.05, 4.69) is 5.32 Å². The zero-order valence-corrected chi connectivity index (χ0v) is 7.71. The molecule has 1 rings (SSSR count). The summed E-state index contributed by atoms with van der Waals surface area (Å²) in [6.07, 6.45) is 0.914. The number of nitrogens with two attached hydrogens (primary N) is 1. The average Bonchev–Trinajstić information content (AvgIpc) is 2.30. The number of nitrogens with zero attached hydrogens (tertiary/aromatic N) is 1. The average molecular weight is 171 g/mol. The van der Waals surface area contributed by atoms with Crippen molar-refractivity contribution >= 4 is 6.03 Å². The molecule has 1 saturated heterocycles. The third-order valence-corrected chi connectivity index (χ3v) is 2.20. The molecule has 1 aliphatic heterocycles. The van der Waals surface area contributed by atoms with Gasteiger partial charge >= 0.3 is 6.03 Å². The van der Waals surface area contributed by atoms with Crippen molar-refractivity contribution in [2.24, 2.45) is 5.73 Å². The van der Waals surface area contributed by atoms with Gasteiger partial charge in [-0.3, -0.25) is 0 Å². The molecule has 0 bridgehead atoms. The molecule has 0 aliphatic carbocycles. The van der Waals surface area contributed by atoms with Gasteiger partial charge < -0.3 is 16.0 Å². The van der Waals surface area contributed by atoms with Crippen molar-refractivity contribution in [2.45, 2.75) is 32.4 Å².